The Labute approximate surface area is 140 Å². The summed E-state index contributed by atoms with van der Waals surface area (Å²) in [5.74, 6) is -1.32. The molecule has 0 aliphatic rings. The Kier molecular flexibility index (Phi) is 5.02. The van der Waals surface area contributed by atoms with Gasteiger partial charge in [-0.1, -0.05) is 0 Å². The molecule has 25 heavy (non-hydrogen) atoms. The number of hydrogen-bond acceptors (Lipinski definition) is 3. The van der Waals surface area contributed by atoms with Gasteiger partial charge in [-0.2, -0.15) is 13.2 Å². The summed E-state index contributed by atoms with van der Waals surface area (Å²) in [6.45, 7) is 1.15. The number of carbonyl (C=O) groups is 1. The highest BCUT2D eigenvalue weighted by Gasteiger charge is 2.30. The molecule has 0 aromatic heterocycles. The molecule has 0 aliphatic carbocycles. The Bertz CT molecular complexity index is 894. The average Bonchev–Trinajstić information content (AvgIpc) is 2.49. The van der Waals surface area contributed by atoms with E-state index in [9.17, 15) is 30.8 Å². The fourth-order valence-electron chi connectivity index (χ4n) is 1.91. The van der Waals surface area contributed by atoms with Gasteiger partial charge < -0.3 is 5.32 Å². The van der Waals surface area contributed by atoms with E-state index in [1.54, 1.807) is 0 Å². The minimum absolute atomic E-state index is 0.0648. The van der Waals surface area contributed by atoms with E-state index in [1.807, 2.05) is 0 Å². The number of amides is 1. The van der Waals surface area contributed by atoms with Gasteiger partial charge in [0.15, 0.2) is 0 Å². The molecule has 0 heterocycles. The fraction of sp³-hybridized carbons (Fsp3) is 0.133. The van der Waals surface area contributed by atoms with Gasteiger partial charge >= 0.3 is 6.18 Å². The van der Waals surface area contributed by atoms with E-state index in [-0.39, 0.29) is 11.4 Å². The molecule has 1 amide bonds. The van der Waals surface area contributed by atoms with Crippen LogP contribution in [0.25, 0.3) is 0 Å². The van der Waals surface area contributed by atoms with Crippen LogP contribution in [-0.4, -0.2) is 14.3 Å². The lowest BCUT2D eigenvalue weighted by atomic mass is 10.2. The largest absolute Gasteiger partial charge is 0.416 e. The second kappa shape index (κ2) is 6.71. The van der Waals surface area contributed by atoms with Gasteiger partial charge in [0.2, 0.25) is 5.91 Å². The summed E-state index contributed by atoms with van der Waals surface area (Å²) in [6.07, 6.45) is -4.58. The van der Waals surface area contributed by atoms with Gasteiger partial charge in [-0.15, -0.1) is 0 Å². The third kappa shape index (κ3) is 4.69. The Balaban J connectivity index is 2.28. The van der Waals surface area contributed by atoms with E-state index in [0.29, 0.717) is 12.1 Å². The van der Waals surface area contributed by atoms with Crippen LogP contribution in [0.4, 0.5) is 28.9 Å². The number of rotatable bonds is 4. The van der Waals surface area contributed by atoms with Gasteiger partial charge in [0, 0.05) is 6.92 Å². The highest BCUT2D eigenvalue weighted by Crippen LogP contribution is 2.30. The first kappa shape index (κ1) is 18.7. The smallest absolute Gasteiger partial charge is 0.324 e. The van der Waals surface area contributed by atoms with Crippen molar-refractivity contribution in [1.29, 1.82) is 0 Å². The van der Waals surface area contributed by atoms with Crippen molar-refractivity contribution in [2.45, 2.75) is 18.0 Å². The quantitative estimate of drug-likeness (QED) is 0.801. The Morgan fingerprint density at radius 2 is 1.64 bits per heavy atom. The molecule has 0 aliphatic heterocycles. The minimum Gasteiger partial charge on any atom is -0.324 e. The summed E-state index contributed by atoms with van der Waals surface area (Å²) in [6, 6.07) is 6.01. The number of hydrogen-bond donors (Lipinski definition) is 2. The van der Waals surface area contributed by atoms with Crippen molar-refractivity contribution in [1.82, 2.24) is 0 Å². The highest BCUT2D eigenvalue weighted by atomic mass is 32.2. The fourth-order valence-corrected chi connectivity index (χ4v) is 2.96. The van der Waals surface area contributed by atoms with Crippen LogP contribution < -0.4 is 10.0 Å². The van der Waals surface area contributed by atoms with E-state index >= 15 is 0 Å². The molecule has 5 nitrogen and oxygen atoms in total. The van der Waals surface area contributed by atoms with Crippen molar-refractivity contribution in [3.8, 4) is 0 Å². The second-order valence-electron chi connectivity index (χ2n) is 5.00. The van der Waals surface area contributed by atoms with Crippen molar-refractivity contribution in [2.75, 3.05) is 10.0 Å². The molecule has 0 saturated carbocycles. The maximum Gasteiger partial charge on any atom is 0.416 e. The molecular weight excluding hydrogens is 364 g/mol. The molecule has 0 saturated heterocycles. The summed E-state index contributed by atoms with van der Waals surface area (Å²) in [7, 11) is -4.19. The zero-order valence-electron chi connectivity index (χ0n) is 12.7. The van der Waals surface area contributed by atoms with Crippen LogP contribution in [-0.2, 0) is 21.0 Å². The summed E-state index contributed by atoms with van der Waals surface area (Å²) >= 11 is 0. The van der Waals surface area contributed by atoms with Gasteiger partial charge in [-0.05, 0) is 42.5 Å². The van der Waals surface area contributed by atoms with Crippen LogP contribution in [0.2, 0.25) is 0 Å². The first-order chi connectivity index (χ1) is 11.5. The molecule has 0 atom stereocenters. The predicted molar refractivity (Wildman–Crippen MR) is 83.0 cm³/mol. The lowest BCUT2D eigenvalue weighted by molar-refractivity contribution is -0.137. The average molecular weight is 376 g/mol. The lowest BCUT2D eigenvalue weighted by Gasteiger charge is -2.11. The van der Waals surface area contributed by atoms with Gasteiger partial charge in [0.1, 0.15) is 5.82 Å². The molecule has 0 spiro atoms. The van der Waals surface area contributed by atoms with Crippen LogP contribution >= 0.6 is 0 Å². The standard InChI is InChI=1S/C15H12F4N2O3S/c1-9(22)20-14-8-11(4-7-13(14)16)21-25(23,24)12-5-2-10(3-6-12)15(17,18)19/h2-8,21H,1H3,(H,20,22). The van der Waals surface area contributed by atoms with E-state index in [2.05, 4.69) is 10.0 Å². The third-order valence-electron chi connectivity index (χ3n) is 3.02. The first-order valence-corrected chi connectivity index (χ1v) is 8.24. The van der Waals surface area contributed by atoms with E-state index < -0.39 is 38.4 Å². The monoisotopic (exact) mass is 376 g/mol. The van der Waals surface area contributed by atoms with Gasteiger partial charge in [0.05, 0.1) is 21.8 Å². The van der Waals surface area contributed by atoms with Crippen molar-refractivity contribution in [3.05, 3.63) is 53.8 Å². The number of carbonyl (C=O) groups excluding carboxylic acids is 1. The molecule has 0 radical (unpaired) electrons. The summed E-state index contributed by atoms with van der Waals surface area (Å²) in [4.78, 5) is 10.6. The molecule has 0 bridgehead atoms. The number of nitrogens with one attached hydrogen (secondary N) is 2. The maximum absolute atomic E-state index is 13.5. The van der Waals surface area contributed by atoms with Gasteiger partial charge in [-0.3, -0.25) is 9.52 Å². The van der Waals surface area contributed by atoms with Gasteiger partial charge in [-0.25, -0.2) is 12.8 Å². The van der Waals surface area contributed by atoms with E-state index in [4.69, 9.17) is 0 Å². The van der Waals surface area contributed by atoms with Crippen molar-refractivity contribution in [3.63, 3.8) is 0 Å². The predicted octanol–water partition coefficient (Wildman–Crippen LogP) is 3.60. The number of sulfonamides is 1. The minimum atomic E-state index is -4.58. The second-order valence-corrected chi connectivity index (χ2v) is 6.69. The van der Waals surface area contributed by atoms with Crippen LogP contribution in [0, 0.1) is 5.82 Å². The molecule has 2 N–H and O–H groups in total. The Morgan fingerprint density at radius 3 is 2.16 bits per heavy atom. The summed E-state index contributed by atoms with van der Waals surface area (Å²) in [5, 5.41) is 2.19. The normalized spacial score (nSPS) is 11.9. The van der Waals surface area contributed by atoms with Crippen LogP contribution in [0.15, 0.2) is 47.4 Å². The number of anilines is 2. The number of alkyl halides is 3. The van der Waals surface area contributed by atoms with Crippen molar-refractivity contribution < 1.29 is 30.8 Å². The molecule has 2 rings (SSSR count). The molecular formula is C15H12F4N2O3S. The first-order valence-electron chi connectivity index (χ1n) is 6.76. The molecule has 0 unspecified atom stereocenters. The van der Waals surface area contributed by atoms with Crippen LogP contribution in [0.3, 0.4) is 0 Å². The van der Waals surface area contributed by atoms with Gasteiger partial charge in [0.25, 0.3) is 10.0 Å². The lowest BCUT2D eigenvalue weighted by Crippen LogP contribution is -2.14. The topological polar surface area (TPSA) is 75.3 Å². The highest BCUT2D eigenvalue weighted by molar-refractivity contribution is 7.92. The molecule has 134 valence electrons. The number of benzene rings is 2. The Morgan fingerprint density at radius 1 is 1.04 bits per heavy atom. The van der Waals surface area contributed by atoms with Crippen molar-refractivity contribution >= 4 is 27.3 Å². The van der Waals surface area contributed by atoms with Crippen LogP contribution in [0.1, 0.15) is 12.5 Å². The van der Waals surface area contributed by atoms with Crippen molar-refractivity contribution in [2.24, 2.45) is 0 Å². The number of halogens is 4. The summed E-state index contributed by atoms with van der Waals surface area (Å²) in [5.41, 5.74) is -1.29. The summed E-state index contributed by atoms with van der Waals surface area (Å²) < 4.78 is 77.6. The Hall–Kier alpha value is -2.62. The molecule has 2 aromatic rings. The zero-order valence-corrected chi connectivity index (χ0v) is 13.5. The van der Waals surface area contributed by atoms with E-state index in [0.717, 1.165) is 37.3 Å². The third-order valence-corrected chi connectivity index (χ3v) is 4.42. The zero-order chi connectivity index (χ0) is 18.8. The van der Waals surface area contributed by atoms with Crippen LogP contribution in [0.5, 0.6) is 0 Å². The maximum atomic E-state index is 13.5. The molecule has 2 aromatic carbocycles. The molecule has 10 heteroatoms. The SMILES string of the molecule is CC(=O)Nc1cc(NS(=O)(=O)c2ccc(C(F)(F)F)cc2)ccc1F. The molecule has 0 fully saturated rings. The van der Waals surface area contributed by atoms with E-state index in [1.165, 1.54) is 0 Å².